The number of rotatable bonds is 6. The van der Waals surface area contributed by atoms with Gasteiger partial charge in [-0.15, -0.1) is 0 Å². The summed E-state index contributed by atoms with van der Waals surface area (Å²) < 4.78 is 5.21. The van der Waals surface area contributed by atoms with Gasteiger partial charge in [0.2, 0.25) is 0 Å². The van der Waals surface area contributed by atoms with Gasteiger partial charge in [0.15, 0.2) is 0 Å². The molecule has 1 heterocycles. The molecule has 1 aliphatic carbocycles. The van der Waals surface area contributed by atoms with Crippen molar-refractivity contribution in [1.82, 2.24) is 10.2 Å². The van der Waals surface area contributed by atoms with Crippen LogP contribution >= 0.6 is 0 Å². The molecule has 3 heteroatoms. The molecule has 0 aromatic rings. The second-order valence-electron chi connectivity index (χ2n) is 5.64. The van der Waals surface area contributed by atoms with Crippen molar-refractivity contribution in [2.75, 3.05) is 33.4 Å². The molecule has 94 valence electrons. The Balaban J connectivity index is 1.83. The molecular weight excluding hydrogens is 200 g/mol. The van der Waals surface area contributed by atoms with Gasteiger partial charge in [-0.2, -0.15) is 0 Å². The van der Waals surface area contributed by atoms with Crippen LogP contribution in [0.2, 0.25) is 0 Å². The topological polar surface area (TPSA) is 24.5 Å². The van der Waals surface area contributed by atoms with E-state index in [1.54, 1.807) is 7.11 Å². The average Bonchev–Trinajstić information content (AvgIpc) is 3.09. The standard InChI is InChI=1S/C13H26N2O/c1-13(7-3-4-8-14-13)11-15(9-10-16-2)12-5-6-12/h12,14H,3-11H2,1-2H3. The molecule has 1 N–H and O–H groups in total. The zero-order valence-electron chi connectivity index (χ0n) is 10.8. The fourth-order valence-electron chi connectivity index (χ4n) is 2.74. The molecule has 0 bridgehead atoms. The van der Waals surface area contributed by atoms with E-state index in [0.717, 1.165) is 19.2 Å². The molecular formula is C13H26N2O. The summed E-state index contributed by atoms with van der Waals surface area (Å²) in [7, 11) is 1.80. The van der Waals surface area contributed by atoms with Crippen LogP contribution in [0.15, 0.2) is 0 Å². The molecule has 1 unspecified atom stereocenters. The first kappa shape index (κ1) is 12.3. The highest BCUT2D eigenvalue weighted by Crippen LogP contribution is 2.29. The highest BCUT2D eigenvalue weighted by Gasteiger charge is 2.35. The van der Waals surface area contributed by atoms with Crippen LogP contribution in [0.4, 0.5) is 0 Å². The summed E-state index contributed by atoms with van der Waals surface area (Å²) in [5, 5.41) is 3.70. The van der Waals surface area contributed by atoms with E-state index in [4.69, 9.17) is 4.74 Å². The van der Waals surface area contributed by atoms with Crippen molar-refractivity contribution in [3.63, 3.8) is 0 Å². The molecule has 0 aromatic carbocycles. The van der Waals surface area contributed by atoms with Crippen molar-refractivity contribution in [3.05, 3.63) is 0 Å². The Morgan fingerprint density at radius 2 is 2.19 bits per heavy atom. The highest BCUT2D eigenvalue weighted by molar-refractivity contribution is 4.94. The van der Waals surface area contributed by atoms with Crippen LogP contribution in [0, 0.1) is 0 Å². The Labute approximate surface area is 99.5 Å². The normalized spacial score (nSPS) is 30.9. The summed E-state index contributed by atoms with van der Waals surface area (Å²) in [6.45, 7) is 6.74. The molecule has 0 radical (unpaired) electrons. The maximum Gasteiger partial charge on any atom is 0.0589 e. The number of hydrogen-bond donors (Lipinski definition) is 1. The molecule has 0 amide bonds. The summed E-state index contributed by atoms with van der Waals surface area (Å²) in [5.41, 5.74) is 0.342. The number of hydrogen-bond acceptors (Lipinski definition) is 3. The van der Waals surface area contributed by atoms with E-state index in [9.17, 15) is 0 Å². The largest absolute Gasteiger partial charge is 0.383 e. The first-order chi connectivity index (χ1) is 7.73. The highest BCUT2D eigenvalue weighted by atomic mass is 16.5. The minimum atomic E-state index is 0.342. The van der Waals surface area contributed by atoms with E-state index < -0.39 is 0 Å². The van der Waals surface area contributed by atoms with E-state index in [-0.39, 0.29) is 0 Å². The molecule has 1 saturated carbocycles. The van der Waals surface area contributed by atoms with Crippen LogP contribution in [0.3, 0.4) is 0 Å². The minimum absolute atomic E-state index is 0.342. The van der Waals surface area contributed by atoms with E-state index in [0.29, 0.717) is 5.54 Å². The first-order valence-electron chi connectivity index (χ1n) is 6.71. The monoisotopic (exact) mass is 226 g/mol. The van der Waals surface area contributed by atoms with E-state index >= 15 is 0 Å². The number of nitrogens with one attached hydrogen (secondary N) is 1. The summed E-state index contributed by atoms with van der Waals surface area (Å²) in [4.78, 5) is 2.63. The van der Waals surface area contributed by atoms with Crippen molar-refractivity contribution in [2.24, 2.45) is 0 Å². The van der Waals surface area contributed by atoms with Gasteiger partial charge >= 0.3 is 0 Å². The fraction of sp³-hybridized carbons (Fsp3) is 1.00. The van der Waals surface area contributed by atoms with Crippen LogP contribution in [-0.2, 0) is 4.74 Å². The zero-order valence-corrected chi connectivity index (χ0v) is 10.8. The molecule has 3 nitrogen and oxygen atoms in total. The first-order valence-corrected chi connectivity index (χ1v) is 6.71. The fourth-order valence-corrected chi connectivity index (χ4v) is 2.74. The second-order valence-corrected chi connectivity index (χ2v) is 5.64. The van der Waals surface area contributed by atoms with E-state index in [1.807, 2.05) is 0 Å². The molecule has 0 spiro atoms. The molecule has 2 fully saturated rings. The molecule has 16 heavy (non-hydrogen) atoms. The van der Waals surface area contributed by atoms with Gasteiger partial charge in [-0.1, -0.05) is 6.42 Å². The molecule has 0 aromatic heterocycles. The lowest BCUT2D eigenvalue weighted by atomic mass is 9.90. The molecule has 1 aliphatic heterocycles. The Morgan fingerprint density at radius 1 is 1.38 bits per heavy atom. The number of nitrogens with zero attached hydrogens (tertiary/aromatic N) is 1. The van der Waals surface area contributed by atoms with Crippen LogP contribution < -0.4 is 5.32 Å². The second kappa shape index (κ2) is 5.48. The van der Waals surface area contributed by atoms with Gasteiger partial charge in [0.1, 0.15) is 0 Å². The maximum absolute atomic E-state index is 5.21. The SMILES string of the molecule is COCCN(CC1(C)CCCCN1)C1CC1. The van der Waals surface area contributed by atoms with Crippen molar-refractivity contribution in [3.8, 4) is 0 Å². The Bertz CT molecular complexity index is 210. The third-order valence-electron chi connectivity index (χ3n) is 3.91. The lowest BCUT2D eigenvalue weighted by Crippen LogP contribution is -2.54. The average molecular weight is 226 g/mol. The summed E-state index contributed by atoms with van der Waals surface area (Å²) >= 11 is 0. The summed E-state index contributed by atoms with van der Waals surface area (Å²) in [6, 6.07) is 0.843. The summed E-state index contributed by atoms with van der Waals surface area (Å²) in [5.74, 6) is 0. The van der Waals surface area contributed by atoms with Crippen molar-refractivity contribution >= 4 is 0 Å². The lowest BCUT2D eigenvalue weighted by Gasteiger charge is -2.39. The Morgan fingerprint density at radius 3 is 2.75 bits per heavy atom. The smallest absolute Gasteiger partial charge is 0.0589 e. The molecule has 2 aliphatic rings. The molecule has 1 atom stereocenters. The van der Waals surface area contributed by atoms with Gasteiger partial charge in [0, 0.05) is 31.8 Å². The van der Waals surface area contributed by atoms with Crippen LogP contribution in [0.5, 0.6) is 0 Å². The van der Waals surface area contributed by atoms with Gasteiger partial charge in [0.25, 0.3) is 0 Å². The van der Waals surface area contributed by atoms with Gasteiger partial charge in [-0.25, -0.2) is 0 Å². The van der Waals surface area contributed by atoms with Gasteiger partial charge in [0.05, 0.1) is 6.61 Å². The Kier molecular flexibility index (Phi) is 4.22. The molecule has 1 saturated heterocycles. The minimum Gasteiger partial charge on any atom is -0.383 e. The van der Waals surface area contributed by atoms with Gasteiger partial charge in [-0.3, -0.25) is 4.90 Å². The van der Waals surface area contributed by atoms with E-state index in [1.165, 1.54) is 45.2 Å². The number of methoxy groups -OCH3 is 1. The van der Waals surface area contributed by atoms with Crippen LogP contribution in [0.25, 0.3) is 0 Å². The van der Waals surface area contributed by atoms with Crippen molar-refractivity contribution in [1.29, 1.82) is 0 Å². The third kappa shape index (κ3) is 3.44. The molecule has 2 rings (SSSR count). The van der Waals surface area contributed by atoms with Gasteiger partial charge < -0.3 is 10.1 Å². The summed E-state index contributed by atoms with van der Waals surface area (Å²) in [6.07, 6.45) is 6.83. The third-order valence-corrected chi connectivity index (χ3v) is 3.91. The van der Waals surface area contributed by atoms with E-state index in [2.05, 4.69) is 17.1 Å². The quantitative estimate of drug-likeness (QED) is 0.745. The van der Waals surface area contributed by atoms with Crippen LogP contribution in [0.1, 0.15) is 39.0 Å². The van der Waals surface area contributed by atoms with Gasteiger partial charge in [-0.05, 0) is 39.2 Å². The predicted molar refractivity (Wildman–Crippen MR) is 66.7 cm³/mol. The number of piperidine rings is 1. The van der Waals surface area contributed by atoms with Crippen molar-refractivity contribution in [2.45, 2.75) is 50.6 Å². The number of ether oxygens (including phenoxy) is 1. The maximum atomic E-state index is 5.21. The Hall–Kier alpha value is -0.120. The van der Waals surface area contributed by atoms with Crippen molar-refractivity contribution < 1.29 is 4.74 Å². The lowest BCUT2D eigenvalue weighted by molar-refractivity contribution is 0.110. The zero-order chi connectivity index (χ0) is 11.4. The predicted octanol–water partition coefficient (Wildman–Crippen LogP) is 1.63. The van der Waals surface area contributed by atoms with Crippen LogP contribution in [-0.4, -0.2) is 49.8 Å².